The number of carbonyl (C=O) groups excluding carboxylic acids is 1. The standard InChI is InChI=1S/C12H14Cl2FNO2/c1-18-7-8(5-6-13)16-12(17)9-3-2-4-10(14)11(9)15/h2-4,8H,5-7H2,1H3,(H,16,17). The van der Waals surface area contributed by atoms with Gasteiger partial charge in [0.15, 0.2) is 5.82 Å². The third-order valence-electron chi connectivity index (χ3n) is 2.36. The lowest BCUT2D eigenvalue weighted by molar-refractivity contribution is 0.0891. The quantitative estimate of drug-likeness (QED) is 0.819. The number of hydrogen-bond acceptors (Lipinski definition) is 2. The van der Waals surface area contributed by atoms with Crippen LogP contribution in [0, 0.1) is 5.82 Å². The van der Waals surface area contributed by atoms with Crippen LogP contribution in [0.4, 0.5) is 4.39 Å². The van der Waals surface area contributed by atoms with Crippen LogP contribution in [-0.2, 0) is 4.74 Å². The first-order valence-electron chi connectivity index (χ1n) is 5.40. The molecule has 0 bridgehead atoms. The number of methoxy groups -OCH3 is 1. The molecule has 1 unspecified atom stereocenters. The molecular formula is C12H14Cl2FNO2. The number of carbonyl (C=O) groups is 1. The van der Waals surface area contributed by atoms with Gasteiger partial charge in [-0.2, -0.15) is 0 Å². The first-order valence-corrected chi connectivity index (χ1v) is 6.31. The van der Waals surface area contributed by atoms with Gasteiger partial charge in [0.25, 0.3) is 5.91 Å². The lowest BCUT2D eigenvalue weighted by Gasteiger charge is -2.17. The van der Waals surface area contributed by atoms with Crippen LogP contribution in [0.1, 0.15) is 16.8 Å². The Balaban J connectivity index is 2.77. The number of halogens is 3. The molecule has 0 spiro atoms. The van der Waals surface area contributed by atoms with Crippen LogP contribution < -0.4 is 5.32 Å². The fourth-order valence-corrected chi connectivity index (χ4v) is 1.91. The van der Waals surface area contributed by atoms with Crippen LogP contribution in [0.5, 0.6) is 0 Å². The van der Waals surface area contributed by atoms with Crippen molar-refractivity contribution in [2.45, 2.75) is 12.5 Å². The largest absolute Gasteiger partial charge is 0.383 e. The minimum absolute atomic E-state index is 0.0803. The van der Waals surface area contributed by atoms with Crippen molar-refractivity contribution in [3.05, 3.63) is 34.6 Å². The van der Waals surface area contributed by atoms with Gasteiger partial charge < -0.3 is 10.1 Å². The molecule has 0 aliphatic carbocycles. The van der Waals surface area contributed by atoms with Crippen LogP contribution in [0.25, 0.3) is 0 Å². The second-order valence-electron chi connectivity index (χ2n) is 3.70. The number of benzene rings is 1. The summed E-state index contributed by atoms with van der Waals surface area (Å²) in [7, 11) is 1.52. The van der Waals surface area contributed by atoms with Crippen LogP contribution >= 0.6 is 23.2 Å². The number of alkyl halides is 1. The zero-order chi connectivity index (χ0) is 13.5. The van der Waals surface area contributed by atoms with Gasteiger partial charge in [0.2, 0.25) is 0 Å². The smallest absolute Gasteiger partial charge is 0.254 e. The van der Waals surface area contributed by atoms with Crippen LogP contribution in [0.3, 0.4) is 0 Å². The van der Waals surface area contributed by atoms with Crippen LogP contribution in [-0.4, -0.2) is 31.5 Å². The molecular weight excluding hydrogens is 280 g/mol. The van der Waals surface area contributed by atoms with Gasteiger partial charge in [-0.3, -0.25) is 4.79 Å². The molecule has 1 rings (SSSR count). The van der Waals surface area contributed by atoms with E-state index in [1.165, 1.54) is 25.3 Å². The van der Waals surface area contributed by atoms with Gasteiger partial charge >= 0.3 is 0 Å². The number of rotatable bonds is 6. The van der Waals surface area contributed by atoms with Gasteiger partial charge in [-0.05, 0) is 18.6 Å². The minimum atomic E-state index is -0.723. The first-order chi connectivity index (χ1) is 8.60. The summed E-state index contributed by atoms with van der Waals surface area (Å²) in [6, 6.07) is 4.03. The van der Waals surface area contributed by atoms with Crippen molar-refractivity contribution < 1.29 is 13.9 Å². The predicted molar refractivity (Wildman–Crippen MR) is 69.9 cm³/mol. The summed E-state index contributed by atoms with van der Waals surface area (Å²) in [6.07, 6.45) is 0.545. The van der Waals surface area contributed by atoms with E-state index in [2.05, 4.69) is 5.32 Å². The minimum Gasteiger partial charge on any atom is -0.383 e. The van der Waals surface area contributed by atoms with Gasteiger partial charge in [-0.15, -0.1) is 11.6 Å². The monoisotopic (exact) mass is 293 g/mol. The Morgan fingerprint density at radius 3 is 2.89 bits per heavy atom. The van der Waals surface area contributed by atoms with Crippen molar-refractivity contribution in [2.75, 3.05) is 19.6 Å². The number of ether oxygens (including phenoxy) is 1. The van der Waals surface area contributed by atoms with Crippen molar-refractivity contribution >= 4 is 29.1 Å². The fraction of sp³-hybridized carbons (Fsp3) is 0.417. The maximum absolute atomic E-state index is 13.6. The van der Waals surface area contributed by atoms with Crippen molar-refractivity contribution in [1.29, 1.82) is 0 Å². The van der Waals surface area contributed by atoms with Gasteiger partial charge in [0.05, 0.1) is 23.2 Å². The van der Waals surface area contributed by atoms with E-state index in [1.54, 1.807) is 0 Å². The summed E-state index contributed by atoms with van der Waals surface area (Å²) < 4.78 is 18.6. The Bertz CT molecular complexity index is 409. The molecule has 0 radical (unpaired) electrons. The summed E-state index contributed by atoms with van der Waals surface area (Å²) in [4.78, 5) is 11.9. The molecule has 1 N–H and O–H groups in total. The summed E-state index contributed by atoms with van der Waals surface area (Å²) in [5, 5.41) is 2.58. The third kappa shape index (κ3) is 4.12. The molecule has 1 atom stereocenters. The van der Waals surface area contributed by atoms with Gasteiger partial charge in [-0.25, -0.2) is 4.39 Å². The summed E-state index contributed by atoms with van der Waals surface area (Å²) in [5.74, 6) is -0.868. The Kier molecular flexibility index (Phi) is 6.39. The zero-order valence-electron chi connectivity index (χ0n) is 9.88. The first kappa shape index (κ1) is 15.2. The van der Waals surface area contributed by atoms with E-state index in [0.29, 0.717) is 18.9 Å². The highest BCUT2D eigenvalue weighted by molar-refractivity contribution is 6.31. The van der Waals surface area contributed by atoms with Crippen molar-refractivity contribution in [2.24, 2.45) is 0 Å². The third-order valence-corrected chi connectivity index (χ3v) is 2.87. The lowest BCUT2D eigenvalue weighted by Crippen LogP contribution is -2.38. The zero-order valence-corrected chi connectivity index (χ0v) is 11.4. The Labute approximate surface area is 115 Å². The summed E-state index contributed by atoms with van der Waals surface area (Å²) >= 11 is 11.2. The molecule has 6 heteroatoms. The molecule has 0 aromatic heterocycles. The fourth-order valence-electron chi connectivity index (χ4n) is 1.47. The van der Waals surface area contributed by atoms with E-state index in [-0.39, 0.29) is 16.6 Å². The van der Waals surface area contributed by atoms with Crippen LogP contribution in [0.2, 0.25) is 5.02 Å². The number of hydrogen-bond donors (Lipinski definition) is 1. The van der Waals surface area contributed by atoms with Gasteiger partial charge in [-0.1, -0.05) is 17.7 Å². The van der Waals surface area contributed by atoms with Crippen LogP contribution in [0.15, 0.2) is 18.2 Å². The highest BCUT2D eigenvalue weighted by Gasteiger charge is 2.17. The van der Waals surface area contributed by atoms with E-state index in [4.69, 9.17) is 27.9 Å². The molecule has 1 aromatic carbocycles. The molecule has 0 heterocycles. The molecule has 1 aromatic rings. The molecule has 0 saturated carbocycles. The average molecular weight is 294 g/mol. The molecule has 0 fully saturated rings. The van der Waals surface area contributed by atoms with E-state index < -0.39 is 11.7 Å². The van der Waals surface area contributed by atoms with E-state index in [9.17, 15) is 9.18 Å². The topological polar surface area (TPSA) is 38.3 Å². The summed E-state index contributed by atoms with van der Waals surface area (Å²) in [6.45, 7) is 0.320. The average Bonchev–Trinajstić information content (AvgIpc) is 2.33. The number of nitrogens with one attached hydrogen (secondary N) is 1. The van der Waals surface area contributed by atoms with E-state index in [0.717, 1.165) is 0 Å². The Morgan fingerprint density at radius 1 is 1.56 bits per heavy atom. The van der Waals surface area contributed by atoms with Gasteiger partial charge in [0.1, 0.15) is 0 Å². The predicted octanol–water partition coefficient (Wildman–Crippen LogP) is 2.85. The van der Waals surface area contributed by atoms with Crippen molar-refractivity contribution in [3.63, 3.8) is 0 Å². The maximum Gasteiger partial charge on any atom is 0.254 e. The molecule has 1 amide bonds. The molecule has 0 aliphatic rings. The molecule has 0 saturated heterocycles. The molecule has 0 aliphatic heterocycles. The normalized spacial score (nSPS) is 12.2. The van der Waals surface area contributed by atoms with Gasteiger partial charge in [0, 0.05) is 13.0 Å². The molecule has 18 heavy (non-hydrogen) atoms. The SMILES string of the molecule is COCC(CCCl)NC(=O)c1cccc(Cl)c1F. The Morgan fingerprint density at radius 2 is 2.28 bits per heavy atom. The second kappa shape index (κ2) is 7.56. The molecule has 3 nitrogen and oxygen atoms in total. The van der Waals surface area contributed by atoms with Crippen molar-refractivity contribution in [3.8, 4) is 0 Å². The summed E-state index contributed by atoms with van der Waals surface area (Å²) in [5.41, 5.74) is -0.0850. The highest BCUT2D eigenvalue weighted by atomic mass is 35.5. The maximum atomic E-state index is 13.6. The Hall–Kier alpha value is -0.840. The van der Waals surface area contributed by atoms with Crippen molar-refractivity contribution in [1.82, 2.24) is 5.32 Å². The lowest BCUT2D eigenvalue weighted by atomic mass is 10.1. The second-order valence-corrected chi connectivity index (χ2v) is 4.49. The number of amides is 1. The van der Waals surface area contributed by atoms with E-state index in [1.807, 2.05) is 0 Å². The highest BCUT2D eigenvalue weighted by Crippen LogP contribution is 2.17. The van der Waals surface area contributed by atoms with E-state index >= 15 is 0 Å². The molecule has 100 valence electrons.